The van der Waals surface area contributed by atoms with Gasteiger partial charge in [-0.05, 0) is 19.3 Å². The zero-order valence-corrected chi connectivity index (χ0v) is 11.1. The van der Waals surface area contributed by atoms with Crippen LogP contribution in [0.3, 0.4) is 0 Å². The van der Waals surface area contributed by atoms with E-state index >= 15 is 0 Å². The topological polar surface area (TPSA) is 87.7 Å². The van der Waals surface area contributed by atoms with E-state index in [-0.39, 0.29) is 31.6 Å². The van der Waals surface area contributed by atoms with Crippen LogP contribution in [-0.4, -0.2) is 29.7 Å². The van der Waals surface area contributed by atoms with Crippen LogP contribution < -0.4 is 11.1 Å². The molecule has 0 heterocycles. The van der Waals surface area contributed by atoms with Gasteiger partial charge in [0.1, 0.15) is 5.84 Å². The zero-order valence-electron chi connectivity index (χ0n) is 11.1. The number of rotatable bonds is 5. The highest BCUT2D eigenvalue weighted by molar-refractivity contribution is 5.80. The quantitative estimate of drug-likeness (QED) is 0.238. The van der Waals surface area contributed by atoms with E-state index in [4.69, 9.17) is 10.9 Å². The van der Waals surface area contributed by atoms with E-state index in [1.165, 1.54) is 0 Å². The molecular formula is C12H20F3N3O2. The first-order chi connectivity index (χ1) is 9.36. The molecule has 1 saturated carbocycles. The maximum atomic E-state index is 12.9. The van der Waals surface area contributed by atoms with E-state index in [0.29, 0.717) is 19.3 Å². The van der Waals surface area contributed by atoms with Gasteiger partial charge in [-0.2, -0.15) is 13.2 Å². The Bertz CT molecular complexity index is 358. The van der Waals surface area contributed by atoms with Gasteiger partial charge in [0.2, 0.25) is 5.91 Å². The molecular weight excluding hydrogens is 275 g/mol. The predicted molar refractivity (Wildman–Crippen MR) is 67.2 cm³/mol. The summed E-state index contributed by atoms with van der Waals surface area (Å²) in [5, 5.41) is 13.6. The molecule has 1 fully saturated rings. The molecule has 0 spiro atoms. The van der Waals surface area contributed by atoms with Crippen LogP contribution in [0.1, 0.15) is 38.5 Å². The third-order valence-corrected chi connectivity index (χ3v) is 3.56. The van der Waals surface area contributed by atoms with Crippen molar-refractivity contribution in [1.29, 1.82) is 0 Å². The number of hydrogen-bond donors (Lipinski definition) is 3. The first kappa shape index (κ1) is 16.6. The van der Waals surface area contributed by atoms with Crippen molar-refractivity contribution in [3.63, 3.8) is 0 Å². The summed E-state index contributed by atoms with van der Waals surface area (Å²) in [6, 6.07) is 0. The van der Waals surface area contributed by atoms with E-state index in [1.807, 2.05) is 0 Å². The van der Waals surface area contributed by atoms with Crippen LogP contribution in [0.2, 0.25) is 0 Å². The fourth-order valence-corrected chi connectivity index (χ4v) is 2.50. The second-order valence-electron chi connectivity index (χ2n) is 5.02. The molecule has 0 aromatic heterocycles. The molecule has 4 N–H and O–H groups in total. The predicted octanol–water partition coefficient (Wildman–Crippen LogP) is 2.00. The van der Waals surface area contributed by atoms with Crippen molar-refractivity contribution >= 4 is 11.7 Å². The average Bonchev–Trinajstić information content (AvgIpc) is 2.42. The van der Waals surface area contributed by atoms with Gasteiger partial charge in [0, 0.05) is 18.9 Å². The Hall–Kier alpha value is -1.47. The molecule has 1 amide bonds. The first-order valence-electron chi connectivity index (χ1n) is 6.67. The minimum atomic E-state index is -4.32. The Balaban J connectivity index is 2.44. The normalized spacial score (nSPS) is 24.4. The molecule has 0 aromatic rings. The van der Waals surface area contributed by atoms with Gasteiger partial charge in [0.05, 0.1) is 5.92 Å². The highest BCUT2D eigenvalue weighted by Crippen LogP contribution is 2.41. The average molecular weight is 295 g/mol. The number of nitrogens with one attached hydrogen (secondary N) is 1. The van der Waals surface area contributed by atoms with Gasteiger partial charge in [-0.15, -0.1) is 0 Å². The van der Waals surface area contributed by atoms with E-state index < -0.39 is 23.9 Å². The number of halogens is 3. The molecule has 0 bridgehead atoms. The van der Waals surface area contributed by atoms with Crippen LogP contribution in [0.5, 0.6) is 0 Å². The summed E-state index contributed by atoms with van der Waals surface area (Å²) in [5.41, 5.74) is 5.25. The summed E-state index contributed by atoms with van der Waals surface area (Å²) in [6.45, 7) is 0.218. The highest BCUT2D eigenvalue weighted by atomic mass is 19.4. The first-order valence-corrected chi connectivity index (χ1v) is 6.67. The summed E-state index contributed by atoms with van der Waals surface area (Å²) in [6.07, 6.45) is -2.17. The van der Waals surface area contributed by atoms with Crippen molar-refractivity contribution in [2.45, 2.75) is 44.7 Å². The van der Waals surface area contributed by atoms with Crippen LogP contribution in [0.25, 0.3) is 0 Å². The minimum absolute atomic E-state index is 0.0195. The van der Waals surface area contributed by atoms with Crippen LogP contribution in [0, 0.1) is 11.8 Å². The van der Waals surface area contributed by atoms with Gasteiger partial charge in [0.15, 0.2) is 0 Å². The number of nitrogens with zero attached hydrogens (tertiary/aromatic N) is 1. The number of nitrogens with two attached hydrogens (primary N) is 1. The molecule has 8 heteroatoms. The Labute approximate surface area is 115 Å². The smallest absolute Gasteiger partial charge is 0.392 e. The summed E-state index contributed by atoms with van der Waals surface area (Å²) < 4.78 is 38.6. The van der Waals surface area contributed by atoms with E-state index in [1.54, 1.807) is 0 Å². The largest absolute Gasteiger partial charge is 0.409 e. The molecule has 20 heavy (non-hydrogen) atoms. The van der Waals surface area contributed by atoms with Crippen molar-refractivity contribution in [2.24, 2.45) is 22.7 Å². The van der Waals surface area contributed by atoms with Gasteiger partial charge in [-0.1, -0.05) is 18.0 Å². The summed E-state index contributed by atoms with van der Waals surface area (Å²) in [7, 11) is 0. The molecule has 2 unspecified atom stereocenters. The molecule has 0 saturated heterocycles. The third-order valence-electron chi connectivity index (χ3n) is 3.56. The number of amidine groups is 1. The zero-order chi connectivity index (χ0) is 15.2. The summed E-state index contributed by atoms with van der Waals surface area (Å²) >= 11 is 0. The minimum Gasteiger partial charge on any atom is -0.409 e. The van der Waals surface area contributed by atoms with Crippen LogP contribution in [0.15, 0.2) is 5.16 Å². The Morgan fingerprint density at radius 2 is 2.00 bits per heavy atom. The maximum Gasteiger partial charge on any atom is 0.392 e. The molecule has 0 aliphatic heterocycles. The fraction of sp³-hybridized carbons (Fsp3) is 0.833. The number of hydrogen-bond acceptors (Lipinski definition) is 3. The maximum absolute atomic E-state index is 12.9. The number of carbonyl (C=O) groups is 1. The highest BCUT2D eigenvalue weighted by Gasteiger charge is 2.47. The van der Waals surface area contributed by atoms with Gasteiger partial charge in [0.25, 0.3) is 0 Å². The monoisotopic (exact) mass is 295 g/mol. The Morgan fingerprint density at radius 3 is 2.60 bits per heavy atom. The molecule has 1 rings (SSSR count). The lowest BCUT2D eigenvalue weighted by atomic mass is 9.78. The molecule has 0 aromatic carbocycles. The van der Waals surface area contributed by atoms with Crippen molar-refractivity contribution in [3.8, 4) is 0 Å². The van der Waals surface area contributed by atoms with Gasteiger partial charge < -0.3 is 16.3 Å². The fourth-order valence-electron chi connectivity index (χ4n) is 2.50. The van der Waals surface area contributed by atoms with Crippen molar-refractivity contribution in [2.75, 3.05) is 6.54 Å². The lowest BCUT2D eigenvalue weighted by Crippen LogP contribution is -2.42. The molecule has 5 nitrogen and oxygen atoms in total. The van der Waals surface area contributed by atoms with Gasteiger partial charge in [-0.25, -0.2) is 0 Å². The Morgan fingerprint density at radius 1 is 1.35 bits per heavy atom. The Kier molecular flexibility index (Phi) is 6.09. The number of carbonyl (C=O) groups excluding carboxylic acids is 1. The van der Waals surface area contributed by atoms with Crippen LogP contribution in [0.4, 0.5) is 13.2 Å². The van der Waals surface area contributed by atoms with E-state index in [0.717, 1.165) is 0 Å². The number of amides is 1. The number of alkyl halides is 3. The van der Waals surface area contributed by atoms with Crippen molar-refractivity contribution < 1.29 is 23.2 Å². The van der Waals surface area contributed by atoms with Gasteiger partial charge >= 0.3 is 6.18 Å². The van der Waals surface area contributed by atoms with Crippen LogP contribution in [-0.2, 0) is 4.79 Å². The van der Waals surface area contributed by atoms with Crippen molar-refractivity contribution in [3.05, 3.63) is 0 Å². The van der Waals surface area contributed by atoms with Crippen LogP contribution >= 0.6 is 0 Å². The third kappa shape index (κ3) is 4.90. The molecule has 116 valence electrons. The summed E-state index contributed by atoms with van der Waals surface area (Å²) in [4.78, 5) is 11.8. The SMILES string of the molecule is NC(CCCNC(=O)C1CCCCC1C(F)(F)F)=NO. The molecule has 1 aliphatic carbocycles. The summed E-state index contributed by atoms with van der Waals surface area (Å²) in [5.74, 6) is -3.05. The second-order valence-corrected chi connectivity index (χ2v) is 5.02. The lowest BCUT2D eigenvalue weighted by Gasteiger charge is -2.32. The molecule has 1 aliphatic rings. The standard InChI is InChI=1S/C12H20F3N3O2/c13-12(14,15)9-5-2-1-4-8(9)11(19)17-7-3-6-10(16)18-20/h8-9,20H,1-7H2,(H2,16,18)(H,17,19). The molecule has 0 radical (unpaired) electrons. The van der Waals surface area contributed by atoms with E-state index in [9.17, 15) is 18.0 Å². The second kappa shape index (κ2) is 7.35. The lowest BCUT2D eigenvalue weighted by molar-refractivity contribution is -0.198. The molecule has 2 atom stereocenters. The van der Waals surface area contributed by atoms with E-state index in [2.05, 4.69) is 10.5 Å². The number of oxime groups is 1. The van der Waals surface area contributed by atoms with Crippen molar-refractivity contribution in [1.82, 2.24) is 5.32 Å². The van der Waals surface area contributed by atoms with Gasteiger partial charge in [-0.3, -0.25) is 4.79 Å².